The predicted molar refractivity (Wildman–Crippen MR) is 78.8 cm³/mol. The molecule has 0 saturated heterocycles. The molecule has 0 unspecified atom stereocenters. The molecule has 1 aromatic carbocycles. The van der Waals surface area contributed by atoms with Crippen LogP contribution in [0.25, 0.3) is 0 Å². The first-order chi connectivity index (χ1) is 9.22. The standard InChI is InChI=1S/C15H20BrNO2/c1-2-10-11(15(8-17)5-3-4-6-15)7-12(16)14-13(10)18-9-19-14/h7H,2-6,8-9,17H2,1H3. The van der Waals surface area contributed by atoms with Gasteiger partial charge in [-0.15, -0.1) is 0 Å². The van der Waals surface area contributed by atoms with Gasteiger partial charge in [0.05, 0.1) is 4.47 Å². The molecule has 0 amide bonds. The predicted octanol–water partition coefficient (Wildman–Crippen LogP) is 3.51. The minimum absolute atomic E-state index is 0.134. The summed E-state index contributed by atoms with van der Waals surface area (Å²) in [6, 6.07) is 2.21. The molecule has 1 saturated carbocycles. The molecule has 2 aliphatic rings. The first-order valence-corrected chi connectivity index (χ1v) is 7.82. The number of fused-ring (bicyclic) bond motifs is 1. The second kappa shape index (κ2) is 4.98. The Kier molecular flexibility index (Phi) is 3.48. The molecule has 0 aromatic heterocycles. The van der Waals surface area contributed by atoms with Gasteiger partial charge in [0.2, 0.25) is 6.79 Å². The van der Waals surface area contributed by atoms with E-state index in [2.05, 4.69) is 28.9 Å². The summed E-state index contributed by atoms with van der Waals surface area (Å²) in [4.78, 5) is 0. The van der Waals surface area contributed by atoms with Gasteiger partial charge in [-0.1, -0.05) is 19.8 Å². The smallest absolute Gasteiger partial charge is 0.231 e. The molecule has 0 radical (unpaired) electrons. The van der Waals surface area contributed by atoms with Gasteiger partial charge in [0.15, 0.2) is 11.5 Å². The summed E-state index contributed by atoms with van der Waals surface area (Å²) in [5.41, 5.74) is 8.91. The third-order valence-electron chi connectivity index (χ3n) is 4.58. The number of hydrogen-bond donors (Lipinski definition) is 1. The molecule has 0 bridgehead atoms. The van der Waals surface area contributed by atoms with Crippen LogP contribution in [0.2, 0.25) is 0 Å². The van der Waals surface area contributed by atoms with Crippen molar-refractivity contribution in [3.8, 4) is 11.5 Å². The zero-order valence-electron chi connectivity index (χ0n) is 11.3. The highest BCUT2D eigenvalue weighted by molar-refractivity contribution is 9.10. The van der Waals surface area contributed by atoms with E-state index in [-0.39, 0.29) is 5.41 Å². The summed E-state index contributed by atoms with van der Waals surface area (Å²) in [5, 5.41) is 0. The monoisotopic (exact) mass is 325 g/mol. The zero-order chi connectivity index (χ0) is 13.5. The highest BCUT2D eigenvalue weighted by Gasteiger charge is 2.38. The summed E-state index contributed by atoms with van der Waals surface area (Å²) in [6.07, 6.45) is 5.86. The first-order valence-electron chi connectivity index (χ1n) is 7.03. The van der Waals surface area contributed by atoms with Crippen molar-refractivity contribution < 1.29 is 9.47 Å². The second-order valence-electron chi connectivity index (χ2n) is 5.49. The van der Waals surface area contributed by atoms with Crippen molar-refractivity contribution in [1.82, 2.24) is 0 Å². The van der Waals surface area contributed by atoms with Gasteiger partial charge in [-0.25, -0.2) is 0 Å². The number of hydrogen-bond acceptors (Lipinski definition) is 3. The highest BCUT2D eigenvalue weighted by Crippen LogP contribution is 2.50. The van der Waals surface area contributed by atoms with E-state index < -0.39 is 0 Å². The van der Waals surface area contributed by atoms with Gasteiger partial charge in [-0.2, -0.15) is 0 Å². The third kappa shape index (κ3) is 1.96. The lowest BCUT2D eigenvalue weighted by Crippen LogP contribution is -2.33. The molecule has 1 aliphatic heterocycles. The molecule has 3 nitrogen and oxygen atoms in total. The SMILES string of the molecule is CCc1c(C2(CN)CCCC2)cc(Br)c2c1OCO2. The normalized spacial score (nSPS) is 19.9. The number of benzene rings is 1. The average molecular weight is 326 g/mol. The molecule has 1 heterocycles. The van der Waals surface area contributed by atoms with Crippen LogP contribution in [0.4, 0.5) is 0 Å². The Balaban J connectivity index is 2.18. The van der Waals surface area contributed by atoms with Crippen molar-refractivity contribution in [1.29, 1.82) is 0 Å². The number of ether oxygens (including phenoxy) is 2. The van der Waals surface area contributed by atoms with Gasteiger partial charge in [0.25, 0.3) is 0 Å². The number of rotatable bonds is 3. The molecule has 1 fully saturated rings. The second-order valence-corrected chi connectivity index (χ2v) is 6.35. The summed E-state index contributed by atoms with van der Waals surface area (Å²) >= 11 is 3.62. The maximum absolute atomic E-state index is 6.13. The van der Waals surface area contributed by atoms with E-state index in [0.717, 1.165) is 22.4 Å². The van der Waals surface area contributed by atoms with E-state index in [1.807, 2.05) is 0 Å². The Hall–Kier alpha value is -0.740. The van der Waals surface area contributed by atoms with E-state index >= 15 is 0 Å². The zero-order valence-corrected chi connectivity index (χ0v) is 12.9. The van der Waals surface area contributed by atoms with Crippen LogP contribution in [-0.4, -0.2) is 13.3 Å². The number of halogens is 1. The van der Waals surface area contributed by atoms with Gasteiger partial charge in [0.1, 0.15) is 0 Å². The minimum Gasteiger partial charge on any atom is -0.453 e. The Morgan fingerprint density at radius 2 is 1.95 bits per heavy atom. The lowest BCUT2D eigenvalue weighted by molar-refractivity contribution is 0.172. The fourth-order valence-corrected chi connectivity index (χ4v) is 4.06. The summed E-state index contributed by atoms with van der Waals surface area (Å²) < 4.78 is 12.2. The Morgan fingerprint density at radius 1 is 1.26 bits per heavy atom. The van der Waals surface area contributed by atoms with Gasteiger partial charge in [0, 0.05) is 17.5 Å². The van der Waals surface area contributed by atoms with Crippen LogP contribution in [0, 0.1) is 0 Å². The summed E-state index contributed by atoms with van der Waals surface area (Å²) in [6.45, 7) is 3.21. The fourth-order valence-electron chi connectivity index (χ4n) is 3.54. The summed E-state index contributed by atoms with van der Waals surface area (Å²) in [7, 11) is 0. The topological polar surface area (TPSA) is 44.5 Å². The van der Waals surface area contributed by atoms with Crippen LogP contribution in [0.15, 0.2) is 10.5 Å². The minimum atomic E-state index is 0.134. The van der Waals surface area contributed by atoms with E-state index in [1.165, 1.54) is 36.8 Å². The Morgan fingerprint density at radius 3 is 2.58 bits per heavy atom. The van der Waals surface area contributed by atoms with Crippen LogP contribution >= 0.6 is 15.9 Å². The largest absolute Gasteiger partial charge is 0.453 e. The summed E-state index contributed by atoms with van der Waals surface area (Å²) in [5.74, 6) is 1.78. The maximum atomic E-state index is 6.13. The van der Waals surface area contributed by atoms with E-state index in [1.54, 1.807) is 0 Å². The molecule has 1 aliphatic carbocycles. The van der Waals surface area contributed by atoms with Crippen LogP contribution in [0.1, 0.15) is 43.7 Å². The van der Waals surface area contributed by atoms with Crippen LogP contribution in [0.5, 0.6) is 11.5 Å². The van der Waals surface area contributed by atoms with Gasteiger partial charge in [-0.05, 0) is 46.8 Å². The molecule has 19 heavy (non-hydrogen) atoms. The molecule has 0 atom stereocenters. The van der Waals surface area contributed by atoms with Crippen molar-refractivity contribution >= 4 is 15.9 Å². The van der Waals surface area contributed by atoms with E-state index in [9.17, 15) is 0 Å². The first kappa shape index (κ1) is 13.3. The lowest BCUT2D eigenvalue weighted by atomic mass is 9.76. The molecular formula is C15H20BrNO2. The van der Waals surface area contributed by atoms with E-state index in [4.69, 9.17) is 15.2 Å². The van der Waals surface area contributed by atoms with Crippen molar-refractivity contribution in [2.45, 2.75) is 44.4 Å². The molecule has 2 N–H and O–H groups in total. The molecular weight excluding hydrogens is 306 g/mol. The fraction of sp³-hybridized carbons (Fsp3) is 0.600. The van der Waals surface area contributed by atoms with Crippen LogP contribution in [-0.2, 0) is 11.8 Å². The highest BCUT2D eigenvalue weighted by atomic mass is 79.9. The van der Waals surface area contributed by atoms with Gasteiger partial charge >= 0.3 is 0 Å². The van der Waals surface area contributed by atoms with Crippen LogP contribution < -0.4 is 15.2 Å². The van der Waals surface area contributed by atoms with Crippen LogP contribution in [0.3, 0.4) is 0 Å². The van der Waals surface area contributed by atoms with E-state index in [0.29, 0.717) is 13.3 Å². The molecule has 104 valence electrons. The number of nitrogens with two attached hydrogens (primary N) is 1. The van der Waals surface area contributed by atoms with Crippen molar-refractivity contribution in [3.63, 3.8) is 0 Å². The molecule has 0 spiro atoms. The van der Waals surface area contributed by atoms with Crippen molar-refractivity contribution in [2.75, 3.05) is 13.3 Å². The third-order valence-corrected chi connectivity index (χ3v) is 5.17. The quantitative estimate of drug-likeness (QED) is 0.924. The maximum Gasteiger partial charge on any atom is 0.231 e. The van der Waals surface area contributed by atoms with Crippen molar-refractivity contribution in [3.05, 3.63) is 21.7 Å². The van der Waals surface area contributed by atoms with Gasteiger partial charge in [-0.3, -0.25) is 0 Å². The van der Waals surface area contributed by atoms with Crippen molar-refractivity contribution in [2.24, 2.45) is 5.73 Å². The molecule has 4 heteroatoms. The average Bonchev–Trinajstić information content (AvgIpc) is 3.08. The molecule has 3 rings (SSSR count). The Bertz CT molecular complexity index is 495. The lowest BCUT2D eigenvalue weighted by Gasteiger charge is -2.31. The van der Waals surface area contributed by atoms with Gasteiger partial charge < -0.3 is 15.2 Å². The molecule has 1 aromatic rings. The Labute approximate surface area is 122 Å².